The number of aromatic nitrogens is 5. The number of nitrogens with zero attached hydrogens (tertiary/aromatic N) is 5. The van der Waals surface area contributed by atoms with Gasteiger partial charge in [-0.25, -0.2) is 9.18 Å². The van der Waals surface area contributed by atoms with Gasteiger partial charge in [-0.15, -0.1) is 22.6 Å². The number of fused-ring (bicyclic) bond motifs is 1. The normalized spacial score (nSPS) is 11.8. The van der Waals surface area contributed by atoms with E-state index < -0.39 is 47.4 Å². The van der Waals surface area contributed by atoms with Crippen LogP contribution in [-0.2, 0) is 37.3 Å². The molecule has 3 aromatic carbocycles. The number of imidazole rings is 1. The fraction of sp³-hybridized carbons (Fsp3) is 0.241. The molecule has 2 aromatic heterocycles. The van der Waals surface area contributed by atoms with Crippen LogP contribution in [0.15, 0.2) is 59.7 Å². The van der Waals surface area contributed by atoms with Crippen LogP contribution in [0.5, 0.6) is 11.5 Å². The summed E-state index contributed by atoms with van der Waals surface area (Å²) < 4.78 is 109. The standard InChI is InChI=1S/C29H23F7N6O4.ClH/c1-40(18-6-4-16(5-7-18)28(31,32)33)24(43)12-42-21-11-17(29(34,35)36)10-19(25(21)41(2)27(42)44)15-8-20(30)26(22(9-15)45-3)46-13-23-37-14-38-39-23;/h4-11,14H,12-13H2,1-3H3,(H,37,38,39);1H. The lowest BCUT2D eigenvalue weighted by Gasteiger charge is -2.19. The van der Waals surface area contributed by atoms with Crippen molar-refractivity contribution < 1.29 is 45.0 Å². The van der Waals surface area contributed by atoms with E-state index in [0.29, 0.717) is 6.07 Å². The molecule has 250 valence electrons. The van der Waals surface area contributed by atoms with Crippen LogP contribution in [0.2, 0.25) is 0 Å². The molecule has 0 radical (unpaired) electrons. The number of nitrogens with one attached hydrogen (secondary N) is 1. The highest BCUT2D eigenvalue weighted by molar-refractivity contribution is 5.97. The maximum absolute atomic E-state index is 15.4. The molecule has 5 rings (SSSR count). The number of aromatic amines is 1. The molecule has 0 aliphatic carbocycles. The van der Waals surface area contributed by atoms with Gasteiger partial charge in [0.25, 0.3) is 0 Å². The summed E-state index contributed by atoms with van der Waals surface area (Å²) >= 11 is 0. The molecular formula is C29H24ClF7N6O4. The van der Waals surface area contributed by atoms with Crippen molar-refractivity contribution in [2.24, 2.45) is 7.05 Å². The maximum Gasteiger partial charge on any atom is 0.416 e. The minimum atomic E-state index is -4.91. The number of benzene rings is 3. The van der Waals surface area contributed by atoms with Crippen molar-refractivity contribution in [2.75, 3.05) is 19.1 Å². The summed E-state index contributed by atoms with van der Waals surface area (Å²) in [6.45, 7) is -0.993. The van der Waals surface area contributed by atoms with E-state index in [1.165, 1.54) is 33.6 Å². The van der Waals surface area contributed by atoms with Gasteiger partial charge in [0.05, 0.1) is 29.3 Å². The second-order valence-electron chi connectivity index (χ2n) is 10.0. The highest BCUT2D eigenvalue weighted by atomic mass is 35.5. The number of halogens is 8. The fourth-order valence-electron chi connectivity index (χ4n) is 4.81. The Morgan fingerprint density at radius 1 is 1.00 bits per heavy atom. The van der Waals surface area contributed by atoms with Crippen LogP contribution in [0.25, 0.3) is 22.2 Å². The van der Waals surface area contributed by atoms with Gasteiger partial charge >= 0.3 is 18.0 Å². The Kier molecular flexibility index (Phi) is 9.61. The van der Waals surface area contributed by atoms with Crippen molar-refractivity contribution in [1.82, 2.24) is 24.3 Å². The van der Waals surface area contributed by atoms with Gasteiger partial charge in [0.1, 0.15) is 19.5 Å². The Morgan fingerprint density at radius 3 is 2.23 bits per heavy atom. The van der Waals surface area contributed by atoms with Crippen LogP contribution in [0, 0.1) is 5.82 Å². The molecule has 5 aromatic rings. The number of aryl methyl sites for hydroxylation is 1. The number of anilines is 1. The Hall–Kier alpha value is -5.06. The number of hydrogen-bond donors (Lipinski definition) is 1. The smallest absolute Gasteiger partial charge is 0.416 e. The zero-order chi connectivity index (χ0) is 33.6. The van der Waals surface area contributed by atoms with Gasteiger partial charge in [0, 0.05) is 25.3 Å². The van der Waals surface area contributed by atoms with Gasteiger partial charge in [-0.3, -0.25) is 13.9 Å². The number of rotatable bonds is 8. The Morgan fingerprint density at radius 2 is 1.66 bits per heavy atom. The molecule has 18 heteroatoms. The Bertz CT molecular complexity index is 1970. The van der Waals surface area contributed by atoms with Crippen LogP contribution in [0.1, 0.15) is 17.0 Å². The van der Waals surface area contributed by atoms with Crippen molar-refractivity contribution in [3.05, 3.63) is 88.1 Å². The third-order valence-electron chi connectivity index (χ3n) is 7.17. The summed E-state index contributed by atoms with van der Waals surface area (Å²) in [6, 6.07) is 7.21. The summed E-state index contributed by atoms with van der Waals surface area (Å²) in [5.41, 5.74) is -3.61. The summed E-state index contributed by atoms with van der Waals surface area (Å²) in [6.07, 6.45) is -8.24. The number of hydrogen-bond acceptors (Lipinski definition) is 6. The van der Waals surface area contributed by atoms with Crippen LogP contribution in [-0.4, -0.2) is 44.4 Å². The Balaban J connectivity index is 0.00000500. The lowest BCUT2D eigenvalue weighted by atomic mass is 9.99. The van der Waals surface area contributed by atoms with Gasteiger partial charge in [-0.1, -0.05) is 0 Å². The first-order valence-corrected chi connectivity index (χ1v) is 13.2. The van der Waals surface area contributed by atoms with Crippen LogP contribution < -0.4 is 20.1 Å². The van der Waals surface area contributed by atoms with Crippen molar-refractivity contribution in [3.63, 3.8) is 0 Å². The number of ether oxygens (including phenoxy) is 2. The molecule has 47 heavy (non-hydrogen) atoms. The first kappa shape index (κ1) is 34.8. The average Bonchev–Trinajstić information content (AvgIpc) is 3.61. The minimum absolute atomic E-state index is 0. The first-order chi connectivity index (χ1) is 21.6. The molecule has 0 fully saturated rings. The second kappa shape index (κ2) is 13.0. The molecule has 2 heterocycles. The molecule has 10 nitrogen and oxygen atoms in total. The zero-order valence-electron chi connectivity index (χ0n) is 24.5. The maximum atomic E-state index is 15.4. The Labute approximate surface area is 266 Å². The summed E-state index contributed by atoms with van der Waals surface area (Å²) in [7, 11) is 3.71. The van der Waals surface area contributed by atoms with Crippen molar-refractivity contribution in [1.29, 1.82) is 0 Å². The van der Waals surface area contributed by atoms with E-state index in [0.717, 1.165) is 50.4 Å². The van der Waals surface area contributed by atoms with Gasteiger partial charge in [-0.2, -0.15) is 26.3 Å². The predicted molar refractivity (Wildman–Crippen MR) is 157 cm³/mol. The second-order valence-corrected chi connectivity index (χ2v) is 10.0. The third-order valence-corrected chi connectivity index (χ3v) is 7.17. The number of likely N-dealkylation sites (N-methyl/N-ethyl adjacent to an activating group) is 1. The number of H-pyrrole nitrogens is 1. The molecule has 0 aliphatic heterocycles. The molecule has 0 saturated carbocycles. The highest BCUT2D eigenvalue weighted by Crippen LogP contribution is 2.41. The molecular weight excluding hydrogens is 665 g/mol. The zero-order valence-corrected chi connectivity index (χ0v) is 25.3. The SMILES string of the molecule is COc1cc(-c2cc(C(F)(F)F)cc3c2n(C)c(=O)n3CC(=O)N(C)c2ccc(C(F)(F)F)cc2)cc(F)c1OCc1nnc[nH]1.Cl. The van der Waals surface area contributed by atoms with E-state index in [4.69, 9.17) is 9.47 Å². The van der Waals surface area contributed by atoms with Gasteiger partial charge in [0.15, 0.2) is 23.1 Å². The topological polar surface area (TPSA) is 107 Å². The monoisotopic (exact) mass is 688 g/mol. The quantitative estimate of drug-likeness (QED) is 0.201. The van der Waals surface area contributed by atoms with E-state index in [1.807, 2.05) is 0 Å². The third kappa shape index (κ3) is 6.89. The first-order valence-electron chi connectivity index (χ1n) is 13.2. The minimum Gasteiger partial charge on any atom is -0.493 e. The van der Waals surface area contributed by atoms with Gasteiger partial charge in [0.2, 0.25) is 5.91 Å². The lowest BCUT2D eigenvalue weighted by Crippen LogP contribution is -2.34. The molecule has 0 atom stereocenters. The summed E-state index contributed by atoms with van der Waals surface area (Å²) in [5, 5.41) is 7.31. The summed E-state index contributed by atoms with van der Waals surface area (Å²) in [5.74, 6) is -2.06. The molecule has 0 bridgehead atoms. The number of carbonyl (C=O) groups is 1. The van der Waals surface area contributed by atoms with Crippen LogP contribution in [0.3, 0.4) is 0 Å². The molecule has 1 N–H and O–H groups in total. The number of amides is 1. The van der Waals surface area contributed by atoms with E-state index >= 15 is 4.39 Å². The molecule has 0 unspecified atom stereocenters. The van der Waals surface area contributed by atoms with Crippen LogP contribution in [0.4, 0.5) is 36.4 Å². The van der Waals surface area contributed by atoms with Gasteiger partial charge in [-0.05, 0) is 54.1 Å². The number of carbonyl (C=O) groups excluding carboxylic acids is 1. The van der Waals surface area contributed by atoms with Crippen molar-refractivity contribution >= 4 is 35.0 Å². The van der Waals surface area contributed by atoms with Crippen molar-refractivity contribution in [3.8, 4) is 22.6 Å². The van der Waals surface area contributed by atoms with E-state index in [-0.39, 0.29) is 64.2 Å². The number of methoxy groups -OCH3 is 1. The van der Waals surface area contributed by atoms with Gasteiger partial charge < -0.3 is 19.4 Å². The number of alkyl halides is 6. The van der Waals surface area contributed by atoms with E-state index in [2.05, 4.69) is 15.2 Å². The highest BCUT2D eigenvalue weighted by Gasteiger charge is 2.34. The molecule has 0 saturated heterocycles. The molecule has 0 aliphatic rings. The largest absolute Gasteiger partial charge is 0.493 e. The van der Waals surface area contributed by atoms with Crippen molar-refractivity contribution in [2.45, 2.75) is 25.5 Å². The predicted octanol–water partition coefficient (Wildman–Crippen LogP) is 5.97. The fourth-order valence-corrected chi connectivity index (χ4v) is 4.81. The lowest BCUT2D eigenvalue weighted by molar-refractivity contribution is -0.138. The average molecular weight is 689 g/mol. The van der Waals surface area contributed by atoms with E-state index in [9.17, 15) is 35.9 Å². The molecule has 1 amide bonds. The summed E-state index contributed by atoms with van der Waals surface area (Å²) in [4.78, 5) is 30.2. The molecule has 0 spiro atoms. The van der Waals surface area contributed by atoms with E-state index in [1.54, 1.807) is 0 Å². The van der Waals surface area contributed by atoms with Crippen LogP contribution >= 0.6 is 12.4 Å².